The van der Waals surface area contributed by atoms with Crippen LogP contribution in [0.4, 0.5) is 4.79 Å². The van der Waals surface area contributed by atoms with Crippen molar-refractivity contribution >= 4 is 11.9 Å². The minimum absolute atomic E-state index is 0.264. The zero-order chi connectivity index (χ0) is 15.9. The first kappa shape index (κ1) is 16.5. The Kier molecular flexibility index (Phi) is 5.95. The second-order valence-corrected chi connectivity index (χ2v) is 5.95. The molecule has 0 aromatic heterocycles. The lowest BCUT2D eigenvalue weighted by molar-refractivity contribution is -0.125. The second kappa shape index (κ2) is 7.94. The molecule has 2 atom stereocenters. The van der Waals surface area contributed by atoms with Crippen LogP contribution in [-0.4, -0.2) is 37.0 Å². The summed E-state index contributed by atoms with van der Waals surface area (Å²) in [6.07, 6.45) is 3.35. The molecule has 0 unspecified atom stereocenters. The van der Waals surface area contributed by atoms with E-state index >= 15 is 0 Å². The summed E-state index contributed by atoms with van der Waals surface area (Å²) in [5.41, 5.74) is 0.929. The van der Waals surface area contributed by atoms with Crippen molar-refractivity contribution in [1.82, 2.24) is 15.5 Å². The first-order chi connectivity index (χ1) is 10.6. The van der Waals surface area contributed by atoms with Crippen LogP contribution >= 0.6 is 0 Å². The Morgan fingerprint density at radius 1 is 1.18 bits per heavy atom. The van der Waals surface area contributed by atoms with Gasteiger partial charge in [-0.1, -0.05) is 37.3 Å². The number of amides is 3. The Morgan fingerprint density at radius 3 is 2.59 bits per heavy atom. The van der Waals surface area contributed by atoms with Crippen molar-refractivity contribution in [3.63, 3.8) is 0 Å². The number of hydrogen-bond donors (Lipinski definition) is 2. The molecule has 1 saturated heterocycles. The highest BCUT2D eigenvalue weighted by Crippen LogP contribution is 2.26. The standard InChI is InChI=1S/C17H25N3O2/c1-13-7-6-11-20(12-10-13)15(14-8-4-3-5-9-14)16(21)19-17(22)18-2/h3-5,8-9,13,15H,6-7,10-12H2,1-2H3,(H2,18,19,21,22)/t13-,15-/m1/s1. The van der Waals surface area contributed by atoms with E-state index in [2.05, 4.69) is 22.5 Å². The molecule has 0 bridgehead atoms. The Labute approximate surface area is 132 Å². The third-order valence-corrected chi connectivity index (χ3v) is 4.24. The summed E-state index contributed by atoms with van der Waals surface area (Å²) >= 11 is 0. The van der Waals surface area contributed by atoms with Crippen LogP contribution in [0, 0.1) is 5.92 Å². The van der Waals surface area contributed by atoms with Crippen LogP contribution in [0.5, 0.6) is 0 Å². The molecule has 0 spiro atoms. The number of benzene rings is 1. The van der Waals surface area contributed by atoms with E-state index in [0.717, 1.165) is 31.5 Å². The average molecular weight is 303 g/mol. The molecule has 120 valence electrons. The Balaban J connectivity index is 2.21. The zero-order valence-corrected chi connectivity index (χ0v) is 13.3. The highest BCUT2D eigenvalue weighted by molar-refractivity contribution is 5.97. The molecule has 22 heavy (non-hydrogen) atoms. The SMILES string of the molecule is CNC(=O)NC(=O)[C@@H](c1ccccc1)N1CCC[C@@H](C)CC1. The molecule has 1 aliphatic heterocycles. The lowest BCUT2D eigenvalue weighted by Gasteiger charge is -2.29. The zero-order valence-electron chi connectivity index (χ0n) is 13.3. The first-order valence-corrected chi connectivity index (χ1v) is 7.93. The Bertz CT molecular complexity index is 504. The van der Waals surface area contributed by atoms with Crippen LogP contribution in [0.1, 0.15) is 37.8 Å². The maximum Gasteiger partial charge on any atom is 0.321 e. The normalized spacial score (nSPS) is 20.7. The number of hydrogen-bond acceptors (Lipinski definition) is 3. The van der Waals surface area contributed by atoms with E-state index in [4.69, 9.17) is 0 Å². The number of carbonyl (C=O) groups excluding carboxylic acids is 2. The average Bonchev–Trinajstić information content (AvgIpc) is 2.73. The molecule has 2 rings (SSSR count). The molecule has 2 N–H and O–H groups in total. The van der Waals surface area contributed by atoms with E-state index < -0.39 is 12.1 Å². The molecule has 0 saturated carbocycles. The first-order valence-electron chi connectivity index (χ1n) is 7.93. The van der Waals surface area contributed by atoms with Gasteiger partial charge < -0.3 is 5.32 Å². The minimum atomic E-state index is -0.464. The quantitative estimate of drug-likeness (QED) is 0.901. The highest BCUT2D eigenvalue weighted by Gasteiger charge is 2.29. The van der Waals surface area contributed by atoms with Crippen LogP contribution in [0.2, 0.25) is 0 Å². The largest absolute Gasteiger partial charge is 0.341 e. The van der Waals surface area contributed by atoms with Crippen molar-refractivity contribution in [1.29, 1.82) is 0 Å². The molecule has 5 nitrogen and oxygen atoms in total. The van der Waals surface area contributed by atoms with Gasteiger partial charge in [-0.3, -0.25) is 15.0 Å². The molecule has 1 aromatic rings. The molecule has 5 heteroatoms. The molecule has 0 radical (unpaired) electrons. The van der Waals surface area contributed by atoms with Gasteiger partial charge in [-0.25, -0.2) is 4.79 Å². The van der Waals surface area contributed by atoms with Gasteiger partial charge in [0.1, 0.15) is 6.04 Å². The number of nitrogens with zero attached hydrogens (tertiary/aromatic N) is 1. The molecule has 1 aromatic carbocycles. The van der Waals surface area contributed by atoms with E-state index in [1.54, 1.807) is 0 Å². The van der Waals surface area contributed by atoms with Gasteiger partial charge >= 0.3 is 6.03 Å². The molecule has 1 fully saturated rings. The van der Waals surface area contributed by atoms with Crippen molar-refractivity contribution in [3.8, 4) is 0 Å². The van der Waals surface area contributed by atoms with Crippen LogP contribution in [-0.2, 0) is 4.79 Å². The van der Waals surface area contributed by atoms with Crippen molar-refractivity contribution < 1.29 is 9.59 Å². The minimum Gasteiger partial charge on any atom is -0.341 e. The van der Waals surface area contributed by atoms with Crippen molar-refractivity contribution in [2.24, 2.45) is 5.92 Å². The number of imide groups is 1. The summed E-state index contributed by atoms with van der Waals surface area (Å²) in [7, 11) is 1.51. The summed E-state index contributed by atoms with van der Waals surface area (Å²) in [6, 6.07) is 8.80. The monoisotopic (exact) mass is 303 g/mol. The number of likely N-dealkylation sites (tertiary alicyclic amines) is 1. The predicted molar refractivity (Wildman–Crippen MR) is 86.4 cm³/mol. The fraction of sp³-hybridized carbons (Fsp3) is 0.529. The molecule has 0 aliphatic carbocycles. The van der Waals surface area contributed by atoms with Gasteiger partial charge in [-0.2, -0.15) is 0 Å². The molecular weight excluding hydrogens is 278 g/mol. The van der Waals surface area contributed by atoms with E-state index in [0.29, 0.717) is 5.92 Å². The van der Waals surface area contributed by atoms with Gasteiger partial charge in [0, 0.05) is 7.05 Å². The number of nitrogens with one attached hydrogen (secondary N) is 2. The topological polar surface area (TPSA) is 61.4 Å². The van der Waals surface area contributed by atoms with Crippen LogP contribution < -0.4 is 10.6 Å². The summed E-state index contributed by atoms with van der Waals surface area (Å²) in [5, 5.41) is 4.86. The number of urea groups is 1. The highest BCUT2D eigenvalue weighted by atomic mass is 16.2. The van der Waals surface area contributed by atoms with Gasteiger partial charge in [-0.15, -0.1) is 0 Å². The van der Waals surface area contributed by atoms with Crippen LogP contribution in [0.15, 0.2) is 30.3 Å². The third kappa shape index (κ3) is 4.31. The van der Waals surface area contributed by atoms with E-state index in [1.807, 2.05) is 30.3 Å². The molecule has 1 heterocycles. The van der Waals surface area contributed by atoms with Gasteiger partial charge in [0.25, 0.3) is 0 Å². The van der Waals surface area contributed by atoms with Crippen LogP contribution in [0.3, 0.4) is 0 Å². The lowest BCUT2D eigenvalue weighted by Crippen LogP contribution is -2.46. The number of rotatable bonds is 3. The third-order valence-electron chi connectivity index (χ3n) is 4.24. The smallest absolute Gasteiger partial charge is 0.321 e. The van der Waals surface area contributed by atoms with Gasteiger partial charge in [0.05, 0.1) is 0 Å². The maximum absolute atomic E-state index is 12.6. The second-order valence-electron chi connectivity index (χ2n) is 5.95. The van der Waals surface area contributed by atoms with Crippen molar-refractivity contribution in [2.45, 2.75) is 32.2 Å². The predicted octanol–water partition coefficient (Wildman–Crippen LogP) is 2.31. The summed E-state index contributed by atoms with van der Waals surface area (Å²) < 4.78 is 0. The Hall–Kier alpha value is -1.88. The molecular formula is C17H25N3O2. The summed E-state index contributed by atoms with van der Waals surface area (Å²) in [6.45, 7) is 4.01. The Morgan fingerprint density at radius 2 is 1.91 bits per heavy atom. The van der Waals surface area contributed by atoms with Crippen molar-refractivity contribution in [3.05, 3.63) is 35.9 Å². The van der Waals surface area contributed by atoms with E-state index in [1.165, 1.54) is 13.5 Å². The molecule has 3 amide bonds. The van der Waals surface area contributed by atoms with E-state index in [-0.39, 0.29) is 5.91 Å². The van der Waals surface area contributed by atoms with E-state index in [9.17, 15) is 9.59 Å². The summed E-state index contributed by atoms with van der Waals surface area (Å²) in [4.78, 5) is 26.3. The lowest BCUT2D eigenvalue weighted by atomic mass is 10.0. The van der Waals surface area contributed by atoms with Gasteiger partial charge in [0.2, 0.25) is 5.91 Å². The fourth-order valence-electron chi connectivity index (χ4n) is 2.95. The molecule has 1 aliphatic rings. The number of carbonyl (C=O) groups is 2. The fourth-order valence-corrected chi connectivity index (χ4v) is 2.95. The maximum atomic E-state index is 12.6. The van der Waals surface area contributed by atoms with Gasteiger partial charge in [-0.05, 0) is 43.8 Å². The van der Waals surface area contributed by atoms with Gasteiger partial charge in [0.15, 0.2) is 0 Å². The van der Waals surface area contributed by atoms with Crippen LogP contribution in [0.25, 0.3) is 0 Å². The summed E-state index contributed by atoms with van der Waals surface area (Å²) in [5.74, 6) is 0.420. The van der Waals surface area contributed by atoms with Crippen molar-refractivity contribution in [2.75, 3.05) is 20.1 Å².